The average molecular weight is 394 g/mol. The van der Waals surface area contributed by atoms with Crippen LogP contribution >= 0.6 is 0 Å². The summed E-state index contributed by atoms with van der Waals surface area (Å²) in [6.07, 6.45) is 0.0612. The summed E-state index contributed by atoms with van der Waals surface area (Å²) in [6.45, 7) is 0.186. The van der Waals surface area contributed by atoms with Gasteiger partial charge < -0.3 is 4.74 Å². The van der Waals surface area contributed by atoms with Crippen LogP contribution in [0, 0.1) is 0 Å². The molecule has 0 heterocycles. The first-order valence-electron chi connectivity index (χ1n) is 9.99. The lowest BCUT2D eigenvalue weighted by atomic mass is 9.90. The van der Waals surface area contributed by atoms with Crippen molar-refractivity contribution in [3.8, 4) is 0 Å². The Morgan fingerprint density at radius 1 is 0.700 bits per heavy atom. The van der Waals surface area contributed by atoms with Gasteiger partial charge in [-0.05, 0) is 21.9 Å². The highest BCUT2D eigenvalue weighted by molar-refractivity contribution is 6.09. The number of ether oxygens (including phenoxy) is 1. The van der Waals surface area contributed by atoms with Crippen molar-refractivity contribution in [1.29, 1.82) is 0 Å². The molecule has 0 bridgehead atoms. The quantitative estimate of drug-likeness (QED) is 0.288. The zero-order chi connectivity index (χ0) is 20.8. The third-order valence-corrected chi connectivity index (χ3v) is 5.19. The van der Waals surface area contributed by atoms with Gasteiger partial charge in [0.2, 0.25) is 0 Å². The molecular formula is C27H22O3. The van der Waals surface area contributed by atoms with Gasteiger partial charge in [0.15, 0.2) is 5.78 Å². The highest BCUT2D eigenvalue weighted by atomic mass is 16.5. The second kappa shape index (κ2) is 9.19. The molecule has 0 saturated heterocycles. The largest absolute Gasteiger partial charge is 0.460 e. The molecule has 4 rings (SSSR count). The minimum absolute atomic E-state index is 0.0612. The maximum absolute atomic E-state index is 13.2. The SMILES string of the molecule is O=C(CC(C(=O)OCc1ccccc1)c1ccccc1)c1cccc2ccccc12. The van der Waals surface area contributed by atoms with E-state index in [1.165, 1.54) is 0 Å². The summed E-state index contributed by atoms with van der Waals surface area (Å²) in [4.78, 5) is 26.2. The molecule has 0 amide bonds. The highest BCUT2D eigenvalue weighted by Crippen LogP contribution is 2.27. The number of ketones is 1. The Morgan fingerprint density at radius 2 is 1.33 bits per heavy atom. The van der Waals surface area contributed by atoms with Gasteiger partial charge in [-0.2, -0.15) is 0 Å². The smallest absolute Gasteiger partial charge is 0.314 e. The Morgan fingerprint density at radius 3 is 2.10 bits per heavy atom. The molecule has 4 aromatic carbocycles. The average Bonchev–Trinajstić information content (AvgIpc) is 2.81. The Kier molecular flexibility index (Phi) is 6.00. The van der Waals surface area contributed by atoms with Crippen LogP contribution in [0.1, 0.15) is 33.8 Å². The van der Waals surface area contributed by atoms with Gasteiger partial charge in [0.05, 0.1) is 5.92 Å². The van der Waals surface area contributed by atoms with Crippen LogP contribution in [0.25, 0.3) is 10.8 Å². The third-order valence-electron chi connectivity index (χ3n) is 5.19. The molecule has 3 heteroatoms. The lowest BCUT2D eigenvalue weighted by molar-refractivity contribution is -0.146. The summed E-state index contributed by atoms with van der Waals surface area (Å²) >= 11 is 0. The van der Waals surface area contributed by atoms with E-state index in [-0.39, 0.29) is 18.8 Å². The molecule has 4 aromatic rings. The summed E-state index contributed by atoms with van der Waals surface area (Å²) in [5.74, 6) is -1.11. The number of hydrogen-bond acceptors (Lipinski definition) is 3. The topological polar surface area (TPSA) is 43.4 Å². The van der Waals surface area contributed by atoms with E-state index in [0.29, 0.717) is 5.56 Å². The van der Waals surface area contributed by atoms with Crippen LogP contribution in [0.3, 0.4) is 0 Å². The van der Waals surface area contributed by atoms with Gasteiger partial charge in [-0.25, -0.2) is 0 Å². The van der Waals surface area contributed by atoms with E-state index in [0.717, 1.165) is 21.9 Å². The second-order valence-electron chi connectivity index (χ2n) is 7.21. The number of Topliss-reactive ketones (excluding diaryl/α,β-unsaturated/α-hetero) is 1. The molecular weight excluding hydrogens is 372 g/mol. The number of carbonyl (C=O) groups is 2. The Bertz CT molecular complexity index is 1150. The molecule has 0 spiro atoms. The number of benzene rings is 4. The summed E-state index contributed by atoms with van der Waals surface area (Å²) < 4.78 is 5.58. The van der Waals surface area contributed by atoms with Crippen LogP contribution in [0.15, 0.2) is 103 Å². The molecule has 148 valence electrons. The molecule has 0 aliphatic heterocycles. The lowest BCUT2D eigenvalue weighted by Crippen LogP contribution is -2.19. The van der Waals surface area contributed by atoms with Crippen LogP contribution < -0.4 is 0 Å². The predicted molar refractivity (Wildman–Crippen MR) is 118 cm³/mol. The van der Waals surface area contributed by atoms with Gasteiger partial charge in [0, 0.05) is 12.0 Å². The van der Waals surface area contributed by atoms with Gasteiger partial charge in [-0.15, -0.1) is 0 Å². The van der Waals surface area contributed by atoms with Gasteiger partial charge in [0.25, 0.3) is 0 Å². The fourth-order valence-corrected chi connectivity index (χ4v) is 3.62. The van der Waals surface area contributed by atoms with E-state index in [1.807, 2.05) is 103 Å². The first kappa shape index (κ1) is 19.6. The third kappa shape index (κ3) is 4.47. The summed E-state index contributed by atoms with van der Waals surface area (Å²) in [5, 5.41) is 1.90. The Labute approximate surface area is 175 Å². The van der Waals surface area contributed by atoms with Crippen molar-refractivity contribution in [2.45, 2.75) is 18.9 Å². The van der Waals surface area contributed by atoms with Crippen molar-refractivity contribution in [2.24, 2.45) is 0 Å². The molecule has 0 aromatic heterocycles. The van der Waals surface area contributed by atoms with Crippen molar-refractivity contribution in [1.82, 2.24) is 0 Å². The minimum Gasteiger partial charge on any atom is -0.460 e. The minimum atomic E-state index is -0.651. The van der Waals surface area contributed by atoms with E-state index in [9.17, 15) is 9.59 Å². The molecule has 0 radical (unpaired) electrons. The van der Waals surface area contributed by atoms with Gasteiger partial charge in [-0.1, -0.05) is 103 Å². The van der Waals surface area contributed by atoms with Crippen molar-refractivity contribution in [3.05, 3.63) is 120 Å². The van der Waals surface area contributed by atoms with Gasteiger partial charge >= 0.3 is 5.97 Å². The van der Waals surface area contributed by atoms with Crippen molar-refractivity contribution < 1.29 is 14.3 Å². The second-order valence-corrected chi connectivity index (χ2v) is 7.21. The van der Waals surface area contributed by atoms with Crippen LogP contribution in [-0.2, 0) is 16.1 Å². The molecule has 0 fully saturated rings. The first-order chi connectivity index (χ1) is 14.7. The normalized spacial score (nSPS) is 11.7. The molecule has 3 nitrogen and oxygen atoms in total. The molecule has 30 heavy (non-hydrogen) atoms. The van der Waals surface area contributed by atoms with E-state index < -0.39 is 11.9 Å². The number of hydrogen-bond donors (Lipinski definition) is 0. The maximum atomic E-state index is 13.2. The van der Waals surface area contributed by atoms with Crippen LogP contribution in [0.4, 0.5) is 0 Å². The lowest BCUT2D eigenvalue weighted by Gasteiger charge is -2.17. The Balaban J connectivity index is 1.58. The summed E-state index contributed by atoms with van der Waals surface area (Å²) in [5.41, 5.74) is 2.33. The molecule has 0 aliphatic carbocycles. The fraction of sp³-hybridized carbons (Fsp3) is 0.111. The monoisotopic (exact) mass is 394 g/mol. The maximum Gasteiger partial charge on any atom is 0.314 e. The predicted octanol–water partition coefficient (Wildman–Crippen LogP) is 5.94. The van der Waals surface area contributed by atoms with E-state index >= 15 is 0 Å². The van der Waals surface area contributed by atoms with E-state index in [2.05, 4.69) is 0 Å². The van der Waals surface area contributed by atoms with Crippen molar-refractivity contribution >= 4 is 22.5 Å². The first-order valence-corrected chi connectivity index (χ1v) is 9.99. The number of fused-ring (bicyclic) bond motifs is 1. The standard InChI is InChI=1S/C27H22O3/c28-26(24-17-9-15-21-14-7-8-16-23(21)24)18-25(22-12-5-2-6-13-22)27(29)30-19-20-10-3-1-4-11-20/h1-17,25H,18-19H2. The Hall–Kier alpha value is -3.72. The molecule has 1 unspecified atom stereocenters. The number of rotatable bonds is 7. The van der Waals surface area contributed by atoms with Crippen LogP contribution in [0.2, 0.25) is 0 Å². The molecule has 1 atom stereocenters. The van der Waals surface area contributed by atoms with E-state index in [1.54, 1.807) is 0 Å². The highest BCUT2D eigenvalue weighted by Gasteiger charge is 2.26. The van der Waals surface area contributed by atoms with E-state index in [4.69, 9.17) is 4.74 Å². The van der Waals surface area contributed by atoms with Gasteiger partial charge in [-0.3, -0.25) is 9.59 Å². The van der Waals surface area contributed by atoms with Crippen molar-refractivity contribution in [3.63, 3.8) is 0 Å². The summed E-state index contributed by atoms with van der Waals surface area (Å²) in [7, 11) is 0. The van der Waals surface area contributed by atoms with Crippen molar-refractivity contribution in [2.75, 3.05) is 0 Å². The zero-order valence-corrected chi connectivity index (χ0v) is 16.5. The fourth-order valence-electron chi connectivity index (χ4n) is 3.62. The van der Waals surface area contributed by atoms with Gasteiger partial charge in [0.1, 0.15) is 6.61 Å². The van der Waals surface area contributed by atoms with Crippen LogP contribution in [-0.4, -0.2) is 11.8 Å². The molecule has 0 saturated carbocycles. The van der Waals surface area contributed by atoms with Crippen LogP contribution in [0.5, 0.6) is 0 Å². The number of carbonyl (C=O) groups excluding carboxylic acids is 2. The number of esters is 1. The molecule has 0 N–H and O–H groups in total. The summed E-state index contributed by atoms with van der Waals surface area (Å²) in [6, 6.07) is 32.4. The molecule has 0 aliphatic rings. The zero-order valence-electron chi connectivity index (χ0n) is 16.5.